The van der Waals surface area contributed by atoms with Gasteiger partial charge in [0.25, 0.3) is 0 Å². The van der Waals surface area contributed by atoms with Crippen molar-refractivity contribution in [1.29, 1.82) is 0 Å². The van der Waals surface area contributed by atoms with Gasteiger partial charge in [-0.05, 0) is 6.42 Å². The van der Waals surface area contributed by atoms with Crippen LogP contribution in [0, 0.1) is 0 Å². The first-order valence-corrected chi connectivity index (χ1v) is 17.3. The SMILES string of the molecule is CCCCCCCOCCOCCOCCOCCOCCOCCOCCOCCOCCOCCOCCOCCOC(C)=O. The fourth-order valence-corrected chi connectivity index (χ4v) is 3.57. The maximum Gasteiger partial charge on any atom is 0.302 e. The highest BCUT2D eigenvalue weighted by atomic mass is 16.6. The number of unbranched alkanes of at least 4 members (excludes halogenated alkanes) is 4. The van der Waals surface area contributed by atoms with Gasteiger partial charge < -0.3 is 61.6 Å². The molecule has 0 radical (unpaired) electrons. The summed E-state index contributed by atoms with van der Waals surface area (Å²) >= 11 is 0. The maximum atomic E-state index is 10.6. The Bertz CT molecular complexity index is 588. The first-order chi connectivity index (χ1) is 23.3. The Kier molecular flexibility index (Phi) is 42.1. The molecule has 0 bridgehead atoms. The lowest BCUT2D eigenvalue weighted by molar-refractivity contribution is -0.142. The number of carbonyl (C=O) groups is 1. The third kappa shape index (κ3) is 45.0. The molecule has 282 valence electrons. The van der Waals surface area contributed by atoms with Gasteiger partial charge in [-0.3, -0.25) is 4.79 Å². The first-order valence-electron chi connectivity index (χ1n) is 17.3. The van der Waals surface area contributed by atoms with E-state index in [0.717, 1.165) is 13.0 Å². The van der Waals surface area contributed by atoms with Gasteiger partial charge in [0.05, 0.1) is 152 Å². The smallest absolute Gasteiger partial charge is 0.302 e. The van der Waals surface area contributed by atoms with Crippen molar-refractivity contribution in [2.24, 2.45) is 0 Å². The highest BCUT2D eigenvalue weighted by Crippen LogP contribution is 2.02. The van der Waals surface area contributed by atoms with Crippen molar-refractivity contribution in [3.05, 3.63) is 0 Å². The van der Waals surface area contributed by atoms with E-state index in [1.54, 1.807) is 0 Å². The second-order valence-corrected chi connectivity index (χ2v) is 10.1. The molecule has 0 spiro atoms. The number of esters is 1. The second-order valence-electron chi connectivity index (χ2n) is 10.1. The summed E-state index contributed by atoms with van der Waals surface area (Å²) in [5.41, 5.74) is 0. The molecule has 47 heavy (non-hydrogen) atoms. The molecule has 0 amide bonds. The molecular weight excluding hydrogens is 620 g/mol. The molecule has 0 aliphatic rings. The third-order valence-electron chi connectivity index (χ3n) is 6.02. The summed E-state index contributed by atoms with van der Waals surface area (Å²) in [6.07, 6.45) is 6.26. The predicted octanol–water partition coefficient (Wildman–Crippen LogP) is 2.72. The lowest BCUT2D eigenvalue weighted by Gasteiger charge is -2.09. The second kappa shape index (κ2) is 43.0. The van der Waals surface area contributed by atoms with Gasteiger partial charge in [-0.1, -0.05) is 32.6 Å². The van der Waals surface area contributed by atoms with Gasteiger partial charge >= 0.3 is 5.97 Å². The normalized spacial score (nSPS) is 11.4. The van der Waals surface area contributed by atoms with Crippen molar-refractivity contribution in [2.45, 2.75) is 46.0 Å². The molecule has 0 heterocycles. The van der Waals surface area contributed by atoms with Crippen molar-refractivity contribution in [3.8, 4) is 0 Å². The van der Waals surface area contributed by atoms with Crippen molar-refractivity contribution < 1.29 is 66.4 Å². The molecule has 0 unspecified atom stereocenters. The minimum atomic E-state index is -0.310. The number of carbonyl (C=O) groups excluding carboxylic acids is 1. The van der Waals surface area contributed by atoms with E-state index in [4.69, 9.17) is 61.6 Å². The third-order valence-corrected chi connectivity index (χ3v) is 6.02. The van der Waals surface area contributed by atoms with Crippen LogP contribution in [0.15, 0.2) is 0 Å². The zero-order valence-corrected chi connectivity index (χ0v) is 29.4. The minimum Gasteiger partial charge on any atom is -0.463 e. The Labute approximate surface area is 283 Å². The van der Waals surface area contributed by atoms with E-state index in [1.165, 1.54) is 32.6 Å². The van der Waals surface area contributed by atoms with E-state index in [9.17, 15) is 4.79 Å². The minimum absolute atomic E-state index is 0.258. The van der Waals surface area contributed by atoms with Crippen molar-refractivity contribution in [3.63, 3.8) is 0 Å². The van der Waals surface area contributed by atoms with Crippen molar-refractivity contribution >= 4 is 5.97 Å². The van der Waals surface area contributed by atoms with Gasteiger partial charge in [0.15, 0.2) is 0 Å². The first kappa shape index (κ1) is 46.0. The molecule has 0 aromatic rings. The van der Waals surface area contributed by atoms with Crippen LogP contribution in [0.2, 0.25) is 0 Å². The van der Waals surface area contributed by atoms with Gasteiger partial charge in [0, 0.05) is 13.5 Å². The van der Waals surface area contributed by atoms with Crippen LogP contribution >= 0.6 is 0 Å². The lowest BCUT2D eigenvalue weighted by Crippen LogP contribution is -2.15. The highest BCUT2D eigenvalue weighted by molar-refractivity contribution is 5.65. The van der Waals surface area contributed by atoms with Crippen LogP contribution in [0.1, 0.15) is 46.0 Å². The average Bonchev–Trinajstić information content (AvgIpc) is 3.07. The maximum absolute atomic E-state index is 10.6. The number of rotatable bonds is 42. The zero-order valence-electron chi connectivity index (χ0n) is 29.4. The molecular formula is C33H66O14. The zero-order chi connectivity index (χ0) is 34.0. The topological polar surface area (TPSA) is 137 Å². The summed E-state index contributed by atoms with van der Waals surface area (Å²) in [6, 6.07) is 0. The Balaban J connectivity index is 3.04. The molecule has 0 N–H and O–H groups in total. The fourth-order valence-electron chi connectivity index (χ4n) is 3.57. The molecule has 0 saturated heterocycles. The van der Waals surface area contributed by atoms with Crippen LogP contribution in [0.4, 0.5) is 0 Å². The Morgan fingerprint density at radius 3 is 0.745 bits per heavy atom. The number of ether oxygens (including phenoxy) is 13. The molecule has 14 nitrogen and oxygen atoms in total. The Hall–Kier alpha value is -1.01. The van der Waals surface area contributed by atoms with Crippen molar-refractivity contribution in [2.75, 3.05) is 165 Å². The van der Waals surface area contributed by atoms with E-state index in [1.807, 2.05) is 0 Å². The highest BCUT2D eigenvalue weighted by Gasteiger charge is 1.97. The lowest BCUT2D eigenvalue weighted by atomic mass is 10.2. The molecule has 0 aromatic carbocycles. The van der Waals surface area contributed by atoms with Crippen LogP contribution in [0.5, 0.6) is 0 Å². The van der Waals surface area contributed by atoms with Gasteiger partial charge in [-0.25, -0.2) is 0 Å². The molecule has 0 saturated carbocycles. The molecule has 0 aliphatic heterocycles. The van der Waals surface area contributed by atoms with Gasteiger partial charge in [-0.15, -0.1) is 0 Å². The molecule has 0 aliphatic carbocycles. The number of hydrogen-bond donors (Lipinski definition) is 0. The molecule has 0 atom stereocenters. The van der Waals surface area contributed by atoms with Crippen LogP contribution < -0.4 is 0 Å². The standard InChI is InChI=1S/C33H66O14/c1-3-4-5-6-7-8-35-9-10-36-11-12-37-13-14-38-15-16-39-17-18-40-19-20-41-21-22-42-23-24-43-25-26-44-27-28-45-29-30-46-31-32-47-33(2)34/h3-32H2,1-2H3. The van der Waals surface area contributed by atoms with E-state index < -0.39 is 0 Å². The monoisotopic (exact) mass is 686 g/mol. The molecule has 0 rings (SSSR count). The summed E-state index contributed by atoms with van der Waals surface area (Å²) in [5, 5.41) is 0. The summed E-state index contributed by atoms with van der Waals surface area (Å²) in [4.78, 5) is 10.6. The van der Waals surface area contributed by atoms with E-state index in [0.29, 0.717) is 152 Å². The van der Waals surface area contributed by atoms with Crippen LogP contribution in [0.25, 0.3) is 0 Å². The van der Waals surface area contributed by atoms with E-state index >= 15 is 0 Å². The van der Waals surface area contributed by atoms with E-state index in [-0.39, 0.29) is 12.6 Å². The van der Waals surface area contributed by atoms with Crippen molar-refractivity contribution in [1.82, 2.24) is 0 Å². The van der Waals surface area contributed by atoms with E-state index in [2.05, 4.69) is 6.92 Å². The number of hydrogen-bond acceptors (Lipinski definition) is 14. The summed E-state index contributed by atoms with van der Waals surface area (Å²) in [7, 11) is 0. The summed E-state index contributed by atoms with van der Waals surface area (Å²) in [5.74, 6) is -0.310. The molecule has 14 heteroatoms. The van der Waals surface area contributed by atoms with Crippen LogP contribution in [-0.2, 0) is 66.4 Å². The Morgan fingerprint density at radius 2 is 0.511 bits per heavy atom. The average molecular weight is 687 g/mol. The van der Waals surface area contributed by atoms with Gasteiger partial charge in [0.2, 0.25) is 0 Å². The predicted molar refractivity (Wildman–Crippen MR) is 175 cm³/mol. The Morgan fingerprint density at radius 1 is 0.298 bits per heavy atom. The molecule has 0 fully saturated rings. The van der Waals surface area contributed by atoms with Crippen LogP contribution in [-0.4, -0.2) is 171 Å². The molecule has 0 aromatic heterocycles. The fraction of sp³-hybridized carbons (Fsp3) is 0.970. The van der Waals surface area contributed by atoms with Gasteiger partial charge in [-0.2, -0.15) is 0 Å². The summed E-state index contributed by atoms with van der Waals surface area (Å²) < 4.78 is 70.2. The quantitative estimate of drug-likeness (QED) is 0.0687. The summed E-state index contributed by atoms with van der Waals surface area (Å²) in [6.45, 7) is 16.4. The van der Waals surface area contributed by atoms with Crippen LogP contribution in [0.3, 0.4) is 0 Å². The van der Waals surface area contributed by atoms with Gasteiger partial charge in [0.1, 0.15) is 6.61 Å². The largest absolute Gasteiger partial charge is 0.463 e.